The first-order valence-corrected chi connectivity index (χ1v) is 16.1. The maximum Gasteiger partial charge on any atom is 0.0540 e. The smallest absolute Gasteiger partial charge is 0.0540 e. The summed E-state index contributed by atoms with van der Waals surface area (Å²) in [5, 5.41) is 7.61. The quantitative estimate of drug-likeness (QED) is 0.185. The van der Waals surface area contributed by atoms with Gasteiger partial charge in [0.25, 0.3) is 0 Å². The highest BCUT2D eigenvalue weighted by molar-refractivity contribution is 6.19. The molecule has 0 aliphatic heterocycles. The average Bonchev–Trinajstić information content (AvgIpc) is 3.34. The summed E-state index contributed by atoms with van der Waals surface area (Å²) in [6.45, 7) is 4.69. The van der Waals surface area contributed by atoms with Gasteiger partial charge in [0, 0.05) is 22.1 Å². The third-order valence-electron chi connectivity index (χ3n) is 10.1. The van der Waals surface area contributed by atoms with Crippen molar-refractivity contribution in [2.75, 3.05) is 4.90 Å². The van der Waals surface area contributed by atoms with Crippen LogP contribution in [0.3, 0.4) is 0 Å². The molecule has 218 valence electrons. The molecule has 8 aromatic rings. The Labute approximate surface area is 270 Å². The number of hydrogen-bond acceptors (Lipinski definition) is 1. The van der Waals surface area contributed by atoms with Gasteiger partial charge in [0.05, 0.1) is 11.4 Å². The summed E-state index contributed by atoms with van der Waals surface area (Å²) in [7, 11) is 0. The molecule has 0 saturated heterocycles. The molecular formula is C45H33N. The number of fused-ring (bicyclic) bond motifs is 8. The number of anilines is 3. The van der Waals surface area contributed by atoms with Gasteiger partial charge in [-0.15, -0.1) is 0 Å². The Hall–Kier alpha value is -5.66. The molecule has 0 atom stereocenters. The maximum atomic E-state index is 2.48. The van der Waals surface area contributed by atoms with Crippen molar-refractivity contribution in [3.8, 4) is 22.3 Å². The predicted octanol–water partition coefficient (Wildman–Crippen LogP) is 12.6. The lowest BCUT2D eigenvalue weighted by atomic mass is 9.82. The number of hydrogen-bond donors (Lipinski definition) is 0. The lowest BCUT2D eigenvalue weighted by Crippen LogP contribution is -2.15. The zero-order chi connectivity index (χ0) is 30.8. The van der Waals surface area contributed by atoms with E-state index in [0.29, 0.717) is 0 Å². The average molecular weight is 588 g/mol. The van der Waals surface area contributed by atoms with Gasteiger partial charge in [0.15, 0.2) is 0 Å². The molecule has 0 bridgehead atoms. The largest absolute Gasteiger partial charge is 0.309 e. The van der Waals surface area contributed by atoms with Gasteiger partial charge in [-0.25, -0.2) is 0 Å². The van der Waals surface area contributed by atoms with E-state index in [1.165, 1.54) is 71.4 Å². The molecule has 0 unspecified atom stereocenters. The minimum Gasteiger partial charge on any atom is -0.309 e. The monoisotopic (exact) mass is 587 g/mol. The Kier molecular flexibility index (Phi) is 5.92. The fraction of sp³-hybridized carbons (Fsp3) is 0.0667. The number of benzene rings is 8. The molecule has 1 heteroatoms. The van der Waals surface area contributed by atoms with Crippen LogP contribution >= 0.6 is 0 Å². The highest BCUT2D eigenvalue weighted by atomic mass is 15.1. The van der Waals surface area contributed by atoms with Crippen molar-refractivity contribution in [1.29, 1.82) is 0 Å². The van der Waals surface area contributed by atoms with Crippen molar-refractivity contribution in [3.05, 3.63) is 175 Å². The Morgan fingerprint density at radius 2 is 1.00 bits per heavy atom. The zero-order valence-corrected chi connectivity index (χ0v) is 26.0. The lowest BCUT2D eigenvalue weighted by Gasteiger charge is -2.30. The van der Waals surface area contributed by atoms with Gasteiger partial charge in [-0.3, -0.25) is 0 Å². The van der Waals surface area contributed by atoms with Crippen molar-refractivity contribution in [2.24, 2.45) is 0 Å². The maximum absolute atomic E-state index is 2.48. The second-order valence-electron chi connectivity index (χ2n) is 12.9. The molecule has 0 fully saturated rings. The highest BCUT2D eigenvalue weighted by Gasteiger charge is 2.35. The van der Waals surface area contributed by atoms with E-state index in [4.69, 9.17) is 0 Å². The molecule has 0 amide bonds. The van der Waals surface area contributed by atoms with Crippen LogP contribution in [0.15, 0.2) is 164 Å². The second-order valence-corrected chi connectivity index (χ2v) is 12.9. The van der Waals surface area contributed by atoms with Gasteiger partial charge in [-0.2, -0.15) is 0 Å². The van der Waals surface area contributed by atoms with Crippen LogP contribution in [0.4, 0.5) is 17.1 Å². The number of nitrogens with zero attached hydrogens (tertiary/aromatic N) is 1. The summed E-state index contributed by atoms with van der Waals surface area (Å²) >= 11 is 0. The van der Waals surface area contributed by atoms with Crippen molar-refractivity contribution >= 4 is 49.4 Å². The Morgan fingerprint density at radius 3 is 1.89 bits per heavy atom. The van der Waals surface area contributed by atoms with E-state index in [-0.39, 0.29) is 5.41 Å². The summed E-state index contributed by atoms with van der Waals surface area (Å²) < 4.78 is 0. The van der Waals surface area contributed by atoms with Gasteiger partial charge in [-0.1, -0.05) is 153 Å². The van der Waals surface area contributed by atoms with Crippen molar-refractivity contribution in [1.82, 2.24) is 0 Å². The molecule has 46 heavy (non-hydrogen) atoms. The van der Waals surface area contributed by atoms with Gasteiger partial charge in [-0.05, 0) is 79.0 Å². The minimum atomic E-state index is -0.0433. The molecule has 0 spiro atoms. The van der Waals surface area contributed by atoms with Crippen LogP contribution in [-0.4, -0.2) is 0 Å². The number of rotatable bonds is 4. The first-order chi connectivity index (χ1) is 22.6. The fourth-order valence-corrected chi connectivity index (χ4v) is 7.82. The molecule has 0 saturated carbocycles. The predicted molar refractivity (Wildman–Crippen MR) is 197 cm³/mol. The Bertz CT molecular complexity index is 2450. The Morgan fingerprint density at radius 1 is 0.391 bits per heavy atom. The van der Waals surface area contributed by atoms with Crippen molar-refractivity contribution < 1.29 is 0 Å². The van der Waals surface area contributed by atoms with E-state index >= 15 is 0 Å². The fourth-order valence-electron chi connectivity index (χ4n) is 7.82. The zero-order valence-electron chi connectivity index (χ0n) is 26.0. The van der Waals surface area contributed by atoms with E-state index < -0.39 is 0 Å². The van der Waals surface area contributed by atoms with Gasteiger partial charge < -0.3 is 4.90 Å². The van der Waals surface area contributed by atoms with Crippen LogP contribution in [-0.2, 0) is 5.41 Å². The Balaban J connectivity index is 1.34. The summed E-state index contributed by atoms with van der Waals surface area (Å²) in [5.74, 6) is 0. The van der Waals surface area contributed by atoms with Crippen molar-refractivity contribution in [2.45, 2.75) is 19.3 Å². The van der Waals surface area contributed by atoms with E-state index in [9.17, 15) is 0 Å². The highest BCUT2D eigenvalue weighted by Crippen LogP contribution is 2.52. The molecule has 1 aliphatic carbocycles. The van der Waals surface area contributed by atoms with Gasteiger partial charge in [0.2, 0.25) is 0 Å². The molecule has 9 rings (SSSR count). The normalized spacial score (nSPS) is 13.2. The van der Waals surface area contributed by atoms with E-state index in [1.807, 2.05) is 0 Å². The SMILES string of the molecule is CC1(C)c2ccccc2-c2cc(N(c3ccccc3-c3ccccc3)c3cccc4c3ccc3c5ccccc5ccc43)ccc21. The van der Waals surface area contributed by atoms with Crippen LogP contribution < -0.4 is 4.90 Å². The van der Waals surface area contributed by atoms with Crippen molar-refractivity contribution in [3.63, 3.8) is 0 Å². The van der Waals surface area contributed by atoms with E-state index in [0.717, 1.165) is 11.4 Å². The summed E-state index contributed by atoms with van der Waals surface area (Å²) in [4.78, 5) is 2.48. The molecule has 0 aromatic heterocycles. The van der Waals surface area contributed by atoms with Crippen LogP contribution in [0.5, 0.6) is 0 Å². The summed E-state index contributed by atoms with van der Waals surface area (Å²) in [6.07, 6.45) is 0. The third kappa shape index (κ3) is 3.95. The van der Waals surface area contributed by atoms with Gasteiger partial charge >= 0.3 is 0 Å². The summed E-state index contributed by atoms with van der Waals surface area (Å²) in [6, 6.07) is 60.2. The topological polar surface area (TPSA) is 3.24 Å². The lowest BCUT2D eigenvalue weighted by molar-refractivity contribution is 0.660. The summed E-state index contributed by atoms with van der Waals surface area (Å²) in [5.41, 5.74) is 11.3. The van der Waals surface area contributed by atoms with Crippen LogP contribution in [0.2, 0.25) is 0 Å². The van der Waals surface area contributed by atoms with Crippen LogP contribution in [0.25, 0.3) is 54.6 Å². The van der Waals surface area contributed by atoms with E-state index in [2.05, 4.69) is 183 Å². The van der Waals surface area contributed by atoms with Gasteiger partial charge in [0.1, 0.15) is 0 Å². The minimum absolute atomic E-state index is 0.0433. The molecule has 1 nitrogen and oxygen atoms in total. The van der Waals surface area contributed by atoms with Crippen LogP contribution in [0.1, 0.15) is 25.0 Å². The second kappa shape index (κ2) is 10.2. The molecule has 0 N–H and O–H groups in total. The van der Waals surface area contributed by atoms with E-state index in [1.54, 1.807) is 0 Å². The first-order valence-electron chi connectivity index (χ1n) is 16.1. The third-order valence-corrected chi connectivity index (χ3v) is 10.1. The number of para-hydroxylation sites is 1. The standard InChI is InChI=1S/C45H33N/c1-45(2)41-20-10-8-18-38(41)40-29-32(24-28-42(40)45)46(43-21-11-9-17-34(43)30-13-4-3-5-14-30)44-22-12-19-35-37-25-23-31-15-6-7-16-33(31)36(37)26-27-39(35)44/h3-29H,1-2H3. The molecule has 0 radical (unpaired) electrons. The molecule has 8 aromatic carbocycles. The first kappa shape index (κ1) is 26.7. The molecule has 0 heterocycles. The molecule has 1 aliphatic rings. The van der Waals surface area contributed by atoms with Crippen LogP contribution in [0, 0.1) is 0 Å². The molecular weight excluding hydrogens is 555 g/mol.